The number of anilines is 1. The van der Waals surface area contributed by atoms with Gasteiger partial charge in [-0.1, -0.05) is 23.2 Å². The highest BCUT2D eigenvalue weighted by atomic mass is 35.5. The summed E-state index contributed by atoms with van der Waals surface area (Å²) in [5.41, 5.74) is 8.99. The molecule has 0 saturated heterocycles. The summed E-state index contributed by atoms with van der Waals surface area (Å²) in [4.78, 5) is 0.976. The summed E-state index contributed by atoms with van der Waals surface area (Å²) in [6.07, 6.45) is 0.923. The summed E-state index contributed by atoms with van der Waals surface area (Å²) in [7, 11) is 0. The lowest BCUT2D eigenvalue weighted by molar-refractivity contribution is 0.354. The minimum absolute atomic E-state index is 0.689. The summed E-state index contributed by atoms with van der Waals surface area (Å²) in [6.45, 7) is 0.729. The van der Waals surface area contributed by atoms with Gasteiger partial charge in [0.2, 0.25) is 0 Å². The van der Waals surface area contributed by atoms with Gasteiger partial charge < -0.3 is 10.5 Å². The second-order valence-corrected chi connectivity index (χ2v) is 6.51. The van der Waals surface area contributed by atoms with Crippen molar-refractivity contribution in [3.63, 3.8) is 0 Å². The van der Waals surface area contributed by atoms with Crippen LogP contribution in [0.5, 0.6) is 5.75 Å². The maximum atomic E-state index is 6.16. The fourth-order valence-electron chi connectivity index (χ4n) is 2.24. The Kier molecular flexibility index (Phi) is 4.01. The van der Waals surface area contributed by atoms with E-state index in [0.717, 1.165) is 45.7 Å². The molecule has 1 aliphatic heterocycles. The Morgan fingerprint density at radius 3 is 2.85 bits per heavy atom. The van der Waals surface area contributed by atoms with E-state index in [4.69, 9.17) is 33.7 Å². The second kappa shape index (κ2) is 5.76. The van der Waals surface area contributed by atoms with E-state index in [1.54, 1.807) is 17.8 Å². The molecule has 1 aliphatic rings. The number of nitrogen functional groups attached to an aromatic ring is 1. The fourth-order valence-corrected chi connectivity index (χ4v) is 3.71. The van der Waals surface area contributed by atoms with Crippen LogP contribution in [0.25, 0.3) is 0 Å². The smallest absolute Gasteiger partial charge is 0.126 e. The Balaban J connectivity index is 1.84. The first kappa shape index (κ1) is 13.9. The van der Waals surface area contributed by atoms with Crippen LogP contribution in [0.2, 0.25) is 10.0 Å². The number of hydrogen-bond acceptors (Lipinski definition) is 3. The lowest BCUT2D eigenvalue weighted by Gasteiger charge is -2.10. The summed E-state index contributed by atoms with van der Waals surface area (Å²) in [5, 5.41) is 1.44. The Labute approximate surface area is 132 Å². The molecule has 0 radical (unpaired) electrons. The van der Waals surface area contributed by atoms with Gasteiger partial charge in [-0.2, -0.15) is 0 Å². The molecule has 104 valence electrons. The van der Waals surface area contributed by atoms with Gasteiger partial charge in [0.1, 0.15) is 5.75 Å². The van der Waals surface area contributed by atoms with Gasteiger partial charge in [-0.3, -0.25) is 0 Å². The van der Waals surface area contributed by atoms with Gasteiger partial charge in [-0.15, -0.1) is 11.8 Å². The summed E-state index contributed by atoms with van der Waals surface area (Å²) in [5.74, 6) is 1.73. The van der Waals surface area contributed by atoms with Crippen LogP contribution in [0, 0.1) is 0 Å². The molecule has 0 fully saturated rings. The normalized spacial score (nSPS) is 13.1. The molecule has 0 atom stereocenters. The molecule has 0 aliphatic carbocycles. The molecule has 2 nitrogen and oxygen atoms in total. The number of benzene rings is 2. The highest BCUT2D eigenvalue weighted by Gasteiger charge is 2.17. The van der Waals surface area contributed by atoms with Crippen molar-refractivity contribution < 1.29 is 4.74 Å². The van der Waals surface area contributed by atoms with E-state index >= 15 is 0 Å². The van der Waals surface area contributed by atoms with Crippen molar-refractivity contribution in [1.82, 2.24) is 0 Å². The van der Waals surface area contributed by atoms with E-state index in [1.807, 2.05) is 24.3 Å². The van der Waals surface area contributed by atoms with Gasteiger partial charge in [0.05, 0.1) is 6.61 Å². The molecule has 0 aromatic heterocycles. The Morgan fingerprint density at radius 2 is 2.00 bits per heavy atom. The van der Waals surface area contributed by atoms with Gasteiger partial charge in [0.15, 0.2) is 0 Å². The minimum atomic E-state index is 0.689. The number of thioether (sulfide) groups is 1. The molecule has 2 aromatic rings. The first-order valence-electron chi connectivity index (χ1n) is 6.25. The van der Waals surface area contributed by atoms with Crippen LogP contribution < -0.4 is 10.5 Å². The third-order valence-corrected chi connectivity index (χ3v) is 4.76. The third kappa shape index (κ3) is 2.85. The molecule has 0 unspecified atom stereocenters. The van der Waals surface area contributed by atoms with E-state index < -0.39 is 0 Å². The average molecular weight is 326 g/mol. The molecule has 2 N–H and O–H groups in total. The molecule has 2 aromatic carbocycles. The zero-order valence-corrected chi connectivity index (χ0v) is 13.0. The quantitative estimate of drug-likeness (QED) is 0.650. The maximum absolute atomic E-state index is 6.16. The first-order valence-corrected chi connectivity index (χ1v) is 7.99. The predicted octanol–water partition coefficient (Wildman–Crippen LogP) is 4.80. The van der Waals surface area contributed by atoms with Crippen molar-refractivity contribution in [3.8, 4) is 5.75 Å². The molecule has 20 heavy (non-hydrogen) atoms. The van der Waals surface area contributed by atoms with Crippen molar-refractivity contribution in [2.45, 2.75) is 17.1 Å². The van der Waals surface area contributed by atoms with Crippen LogP contribution >= 0.6 is 35.0 Å². The van der Waals surface area contributed by atoms with E-state index in [1.165, 1.54) is 5.56 Å². The molecule has 0 bridgehead atoms. The Bertz CT molecular complexity index is 661. The summed E-state index contributed by atoms with van der Waals surface area (Å²) in [6, 6.07) is 9.43. The number of rotatable bonds is 3. The molecular formula is C15H13Cl2NOS. The Morgan fingerprint density at radius 1 is 1.15 bits per heavy atom. The summed E-state index contributed by atoms with van der Waals surface area (Å²) >= 11 is 13.8. The molecule has 5 heteroatoms. The van der Waals surface area contributed by atoms with Crippen molar-refractivity contribution in [2.24, 2.45) is 0 Å². The monoisotopic (exact) mass is 325 g/mol. The Hall–Kier alpha value is -1.03. The van der Waals surface area contributed by atoms with Crippen LogP contribution in [0.15, 0.2) is 35.2 Å². The van der Waals surface area contributed by atoms with E-state index in [9.17, 15) is 0 Å². The van der Waals surface area contributed by atoms with Crippen LogP contribution in [0.4, 0.5) is 5.69 Å². The van der Waals surface area contributed by atoms with Crippen LogP contribution in [-0.2, 0) is 12.2 Å². The zero-order chi connectivity index (χ0) is 14.1. The van der Waals surface area contributed by atoms with Gasteiger partial charge in [-0.25, -0.2) is 0 Å². The van der Waals surface area contributed by atoms with Crippen LogP contribution in [0.1, 0.15) is 11.1 Å². The van der Waals surface area contributed by atoms with E-state index in [2.05, 4.69) is 0 Å². The van der Waals surface area contributed by atoms with Crippen molar-refractivity contribution in [1.29, 1.82) is 0 Å². The van der Waals surface area contributed by atoms with Gasteiger partial charge >= 0.3 is 0 Å². The molecule has 0 amide bonds. The highest BCUT2D eigenvalue weighted by Crippen LogP contribution is 2.38. The number of fused-ring (bicyclic) bond motifs is 1. The standard InChI is InChI=1S/C15H13Cl2NOS/c16-11-1-2-13(18)14(7-11)20-8-10-6-12(17)5-9-3-4-19-15(9)10/h1-2,5-7H,3-4,8,18H2. The van der Waals surface area contributed by atoms with E-state index in [-0.39, 0.29) is 0 Å². The van der Waals surface area contributed by atoms with Crippen LogP contribution in [0.3, 0.4) is 0 Å². The number of nitrogens with two attached hydrogens (primary N) is 1. The van der Waals surface area contributed by atoms with E-state index in [0.29, 0.717) is 5.02 Å². The van der Waals surface area contributed by atoms with Crippen LogP contribution in [-0.4, -0.2) is 6.61 Å². The number of halogens is 2. The molecule has 0 spiro atoms. The molecule has 3 rings (SSSR count). The summed E-state index contributed by atoms with van der Waals surface area (Å²) < 4.78 is 5.70. The SMILES string of the molecule is Nc1ccc(Cl)cc1SCc1cc(Cl)cc2c1OCC2. The van der Waals surface area contributed by atoms with Gasteiger partial charge in [0.25, 0.3) is 0 Å². The second-order valence-electron chi connectivity index (χ2n) is 4.62. The van der Waals surface area contributed by atoms with Gasteiger partial charge in [0, 0.05) is 38.4 Å². The predicted molar refractivity (Wildman–Crippen MR) is 86.1 cm³/mol. The lowest BCUT2D eigenvalue weighted by Crippen LogP contribution is -1.92. The van der Waals surface area contributed by atoms with Crippen molar-refractivity contribution in [2.75, 3.05) is 12.3 Å². The molecular weight excluding hydrogens is 313 g/mol. The zero-order valence-electron chi connectivity index (χ0n) is 10.7. The average Bonchev–Trinajstić information content (AvgIpc) is 2.87. The molecule has 0 saturated carbocycles. The van der Waals surface area contributed by atoms with Crippen molar-refractivity contribution >= 4 is 40.7 Å². The maximum Gasteiger partial charge on any atom is 0.126 e. The molecule has 1 heterocycles. The van der Waals surface area contributed by atoms with Gasteiger partial charge in [-0.05, 0) is 35.9 Å². The topological polar surface area (TPSA) is 35.2 Å². The minimum Gasteiger partial charge on any atom is -0.493 e. The van der Waals surface area contributed by atoms with Crippen molar-refractivity contribution in [3.05, 3.63) is 51.5 Å². The lowest BCUT2D eigenvalue weighted by atomic mass is 10.1. The highest BCUT2D eigenvalue weighted by molar-refractivity contribution is 7.98. The largest absolute Gasteiger partial charge is 0.493 e. The fraction of sp³-hybridized carbons (Fsp3) is 0.200. The third-order valence-electron chi connectivity index (χ3n) is 3.18. The number of ether oxygens (including phenoxy) is 1. The first-order chi connectivity index (χ1) is 9.63. The number of hydrogen-bond donors (Lipinski definition) is 1.